The number of fused-ring (bicyclic) bond motifs is 1. The van der Waals surface area contributed by atoms with E-state index in [9.17, 15) is 19.7 Å². The lowest BCUT2D eigenvalue weighted by Crippen LogP contribution is -2.12. The number of nitrogens with one attached hydrogen (secondary N) is 1. The van der Waals surface area contributed by atoms with Crippen LogP contribution in [0, 0.1) is 10.1 Å². The molecule has 0 saturated carbocycles. The van der Waals surface area contributed by atoms with Crippen molar-refractivity contribution in [3.63, 3.8) is 0 Å². The Labute approximate surface area is 146 Å². The molecule has 25 heavy (non-hydrogen) atoms. The average Bonchev–Trinajstić information content (AvgIpc) is 3.27. The summed E-state index contributed by atoms with van der Waals surface area (Å²) >= 11 is 1.37. The van der Waals surface area contributed by atoms with Crippen LogP contribution in [0.2, 0.25) is 0 Å². The van der Waals surface area contributed by atoms with E-state index in [1.165, 1.54) is 42.7 Å². The maximum absolute atomic E-state index is 12.1. The highest BCUT2D eigenvalue weighted by atomic mass is 32.1. The van der Waals surface area contributed by atoms with Gasteiger partial charge in [-0.2, -0.15) is 0 Å². The monoisotopic (exact) mass is 362 g/mol. The highest BCUT2D eigenvalue weighted by Gasteiger charge is 2.27. The minimum absolute atomic E-state index is 0.184. The Morgan fingerprint density at radius 1 is 1.40 bits per heavy atom. The fourth-order valence-corrected chi connectivity index (χ4v) is 3.93. The van der Waals surface area contributed by atoms with Crippen molar-refractivity contribution in [2.45, 2.75) is 19.3 Å². The van der Waals surface area contributed by atoms with Gasteiger partial charge in [-0.25, -0.2) is 4.79 Å². The second-order valence-corrected chi connectivity index (χ2v) is 6.41. The Kier molecular flexibility index (Phi) is 4.66. The van der Waals surface area contributed by atoms with Crippen LogP contribution in [0.25, 0.3) is 6.08 Å². The Hall–Kier alpha value is -2.94. The molecule has 0 bridgehead atoms. The highest BCUT2D eigenvalue weighted by molar-refractivity contribution is 7.17. The second kappa shape index (κ2) is 6.89. The number of thiophene rings is 1. The quantitative estimate of drug-likeness (QED) is 0.378. The normalized spacial score (nSPS) is 13.0. The number of amides is 1. The van der Waals surface area contributed by atoms with E-state index >= 15 is 0 Å². The number of nitrogens with zero attached hydrogens (tertiary/aromatic N) is 1. The summed E-state index contributed by atoms with van der Waals surface area (Å²) in [6.07, 6.45) is 5.16. The SMILES string of the molecule is COC(=O)c1c(NC(=O)/C=C\c2ccc([N+](=O)[O-])o2)sc2c1CCC2. The Bertz CT molecular complexity index is 879. The number of hydrogen-bond donors (Lipinski definition) is 1. The van der Waals surface area contributed by atoms with Crippen molar-refractivity contribution in [2.24, 2.45) is 0 Å². The van der Waals surface area contributed by atoms with E-state index in [-0.39, 0.29) is 5.76 Å². The van der Waals surface area contributed by atoms with E-state index in [1.807, 2.05) is 0 Å². The molecule has 9 heteroatoms. The summed E-state index contributed by atoms with van der Waals surface area (Å²) < 4.78 is 9.75. The molecule has 0 radical (unpaired) electrons. The average molecular weight is 362 g/mol. The van der Waals surface area contributed by atoms with Crippen molar-refractivity contribution in [1.29, 1.82) is 0 Å². The number of nitro groups is 1. The first-order valence-corrected chi connectivity index (χ1v) is 8.27. The number of carbonyl (C=O) groups excluding carboxylic acids is 2. The van der Waals surface area contributed by atoms with Crippen LogP contribution in [0.1, 0.15) is 33.0 Å². The van der Waals surface area contributed by atoms with Gasteiger partial charge in [0.1, 0.15) is 15.7 Å². The van der Waals surface area contributed by atoms with Crippen LogP contribution in [0.3, 0.4) is 0 Å². The molecular weight excluding hydrogens is 348 g/mol. The van der Waals surface area contributed by atoms with Gasteiger partial charge < -0.3 is 14.5 Å². The minimum atomic E-state index is -0.659. The fraction of sp³-hybridized carbons (Fsp3) is 0.250. The number of methoxy groups -OCH3 is 1. The molecule has 0 saturated heterocycles. The molecule has 0 atom stereocenters. The van der Waals surface area contributed by atoms with Gasteiger partial charge in [-0.3, -0.25) is 14.9 Å². The van der Waals surface area contributed by atoms with Crippen molar-refractivity contribution in [3.8, 4) is 0 Å². The number of rotatable bonds is 5. The predicted octanol–water partition coefficient (Wildman–Crippen LogP) is 3.18. The Morgan fingerprint density at radius 3 is 2.88 bits per heavy atom. The number of esters is 1. The van der Waals surface area contributed by atoms with Gasteiger partial charge in [0.05, 0.1) is 18.7 Å². The Morgan fingerprint density at radius 2 is 2.20 bits per heavy atom. The van der Waals surface area contributed by atoms with Gasteiger partial charge in [0, 0.05) is 11.0 Å². The second-order valence-electron chi connectivity index (χ2n) is 5.31. The summed E-state index contributed by atoms with van der Waals surface area (Å²) in [5.74, 6) is -1.16. The molecule has 2 aromatic heterocycles. The van der Waals surface area contributed by atoms with Crippen LogP contribution < -0.4 is 5.32 Å². The van der Waals surface area contributed by atoms with Crippen molar-refractivity contribution < 1.29 is 23.7 Å². The first-order valence-electron chi connectivity index (χ1n) is 7.45. The van der Waals surface area contributed by atoms with Crippen LogP contribution >= 0.6 is 11.3 Å². The molecule has 1 aliphatic rings. The molecule has 0 aromatic carbocycles. The number of hydrogen-bond acceptors (Lipinski definition) is 7. The zero-order valence-corrected chi connectivity index (χ0v) is 14.1. The largest absolute Gasteiger partial charge is 0.465 e. The summed E-state index contributed by atoms with van der Waals surface area (Å²) in [5.41, 5.74) is 1.35. The lowest BCUT2D eigenvalue weighted by atomic mass is 10.1. The maximum Gasteiger partial charge on any atom is 0.433 e. The number of anilines is 1. The Balaban J connectivity index is 1.75. The molecule has 0 fully saturated rings. The van der Waals surface area contributed by atoms with Gasteiger partial charge in [-0.05, 0) is 37.0 Å². The predicted molar refractivity (Wildman–Crippen MR) is 90.7 cm³/mol. The molecule has 0 unspecified atom stereocenters. The molecule has 2 aromatic rings. The number of aryl methyl sites for hydroxylation is 1. The van der Waals surface area contributed by atoms with E-state index < -0.39 is 22.7 Å². The topological polar surface area (TPSA) is 112 Å². The molecule has 0 spiro atoms. The highest BCUT2D eigenvalue weighted by Crippen LogP contribution is 2.39. The van der Waals surface area contributed by atoms with E-state index in [4.69, 9.17) is 9.15 Å². The van der Waals surface area contributed by atoms with Gasteiger partial charge in [0.15, 0.2) is 0 Å². The lowest BCUT2D eigenvalue weighted by molar-refractivity contribution is -0.402. The third kappa shape index (κ3) is 3.45. The number of ether oxygens (including phenoxy) is 1. The molecule has 3 rings (SSSR count). The van der Waals surface area contributed by atoms with Gasteiger partial charge >= 0.3 is 11.9 Å². The fourth-order valence-electron chi connectivity index (χ4n) is 2.65. The first kappa shape index (κ1) is 16.9. The van der Waals surface area contributed by atoms with E-state index in [2.05, 4.69) is 5.32 Å². The molecule has 1 N–H and O–H groups in total. The van der Waals surface area contributed by atoms with E-state index in [0.717, 1.165) is 29.7 Å². The molecular formula is C16H14N2O6S. The third-order valence-corrected chi connectivity index (χ3v) is 4.95. The van der Waals surface area contributed by atoms with Crippen LogP contribution in [0.5, 0.6) is 0 Å². The van der Waals surface area contributed by atoms with Crippen molar-refractivity contribution >= 4 is 40.2 Å². The first-order chi connectivity index (χ1) is 12.0. The standard InChI is InChI=1S/C16H14N2O6S/c1-23-16(20)14-10-3-2-4-11(10)25-15(14)17-12(19)7-5-9-6-8-13(24-9)18(21)22/h5-8H,2-4H2,1H3,(H,17,19)/b7-5-. The smallest absolute Gasteiger partial charge is 0.433 e. The summed E-state index contributed by atoms with van der Waals surface area (Å²) in [5, 5.41) is 13.7. The third-order valence-electron chi connectivity index (χ3n) is 3.74. The van der Waals surface area contributed by atoms with Crippen molar-refractivity contribution in [1.82, 2.24) is 0 Å². The maximum atomic E-state index is 12.1. The van der Waals surface area contributed by atoms with Crippen molar-refractivity contribution in [2.75, 3.05) is 12.4 Å². The van der Waals surface area contributed by atoms with Gasteiger partial charge in [-0.1, -0.05) is 0 Å². The summed E-state index contributed by atoms with van der Waals surface area (Å²) in [6.45, 7) is 0. The molecule has 1 amide bonds. The lowest BCUT2D eigenvalue weighted by Gasteiger charge is -2.04. The van der Waals surface area contributed by atoms with Crippen LogP contribution in [0.4, 0.5) is 10.9 Å². The van der Waals surface area contributed by atoms with Crippen LogP contribution in [0.15, 0.2) is 22.6 Å². The van der Waals surface area contributed by atoms with E-state index in [1.54, 1.807) is 0 Å². The molecule has 0 aliphatic heterocycles. The summed E-state index contributed by atoms with van der Waals surface area (Å²) in [6, 6.07) is 2.60. The summed E-state index contributed by atoms with van der Waals surface area (Å²) in [4.78, 5) is 35.1. The zero-order chi connectivity index (χ0) is 18.0. The van der Waals surface area contributed by atoms with E-state index in [0.29, 0.717) is 10.6 Å². The number of furan rings is 1. The van der Waals surface area contributed by atoms with Gasteiger partial charge in [0.2, 0.25) is 5.91 Å². The van der Waals surface area contributed by atoms with Crippen molar-refractivity contribution in [3.05, 3.63) is 50.1 Å². The zero-order valence-electron chi connectivity index (χ0n) is 13.2. The molecule has 8 nitrogen and oxygen atoms in total. The van der Waals surface area contributed by atoms with Crippen LogP contribution in [-0.2, 0) is 22.4 Å². The minimum Gasteiger partial charge on any atom is -0.465 e. The molecule has 130 valence electrons. The molecule has 2 heterocycles. The molecule has 1 aliphatic carbocycles. The summed E-state index contributed by atoms with van der Waals surface area (Å²) in [7, 11) is 1.30. The van der Waals surface area contributed by atoms with Gasteiger partial charge in [0.25, 0.3) is 0 Å². The van der Waals surface area contributed by atoms with Gasteiger partial charge in [-0.15, -0.1) is 11.3 Å². The number of carbonyl (C=O) groups is 2. The van der Waals surface area contributed by atoms with Crippen LogP contribution in [-0.4, -0.2) is 23.9 Å².